The number of hydrogen-bond acceptors (Lipinski definition) is 6. The highest BCUT2D eigenvalue weighted by Crippen LogP contribution is 2.31. The maximum Gasteiger partial charge on any atom is 0.304 e. The molecule has 0 atom stereocenters. The molecule has 0 bridgehead atoms. The summed E-state index contributed by atoms with van der Waals surface area (Å²) in [5.74, 6) is 0.0835. The van der Waals surface area contributed by atoms with Crippen LogP contribution in [-0.2, 0) is 14.8 Å². The summed E-state index contributed by atoms with van der Waals surface area (Å²) in [6.45, 7) is 6.68. The van der Waals surface area contributed by atoms with E-state index in [4.69, 9.17) is 14.6 Å². The van der Waals surface area contributed by atoms with E-state index in [-0.39, 0.29) is 11.3 Å². The minimum absolute atomic E-state index is 0.0589. The third-order valence-electron chi connectivity index (χ3n) is 4.13. The lowest BCUT2D eigenvalue weighted by atomic mass is 10.3. The average molecular weight is 386 g/mol. The SMILES string of the molecule is CCOc1ccc(S(=O)(=O)N2CCN(CCC(=O)O)CC2)cc1OCC. The maximum absolute atomic E-state index is 12.9. The molecule has 1 saturated heterocycles. The van der Waals surface area contributed by atoms with Crippen LogP contribution in [0.4, 0.5) is 0 Å². The Hall–Kier alpha value is -1.84. The summed E-state index contributed by atoms with van der Waals surface area (Å²) in [7, 11) is -3.63. The molecule has 1 aliphatic heterocycles. The number of nitrogens with zero attached hydrogens (tertiary/aromatic N) is 2. The lowest BCUT2D eigenvalue weighted by Gasteiger charge is -2.33. The molecule has 0 aliphatic carbocycles. The van der Waals surface area contributed by atoms with Gasteiger partial charge in [-0.05, 0) is 26.0 Å². The zero-order valence-corrected chi connectivity index (χ0v) is 16.0. The first-order valence-electron chi connectivity index (χ1n) is 8.72. The van der Waals surface area contributed by atoms with Gasteiger partial charge in [-0.1, -0.05) is 0 Å². The summed E-state index contributed by atoms with van der Waals surface area (Å²) in [6, 6.07) is 4.64. The largest absolute Gasteiger partial charge is 0.490 e. The minimum atomic E-state index is -3.63. The second-order valence-electron chi connectivity index (χ2n) is 5.86. The second-order valence-corrected chi connectivity index (χ2v) is 7.80. The monoisotopic (exact) mass is 386 g/mol. The highest BCUT2D eigenvalue weighted by Gasteiger charge is 2.29. The van der Waals surface area contributed by atoms with Gasteiger partial charge in [0, 0.05) is 38.8 Å². The van der Waals surface area contributed by atoms with Gasteiger partial charge in [0.2, 0.25) is 10.0 Å². The molecule has 1 N–H and O–H groups in total. The molecule has 1 aliphatic rings. The van der Waals surface area contributed by atoms with E-state index in [1.54, 1.807) is 6.07 Å². The molecule has 9 heteroatoms. The number of ether oxygens (including phenoxy) is 2. The predicted octanol–water partition coefficient (Wildman–Crippen LogP) is 1.26. The maximum atomic E-state index is 12.9. The van der Waals surface area contributed by atoms with E-state index in [0.717, 1.165) is 0 Å². The van der Waals surface area contributed by atoms with Gasteiger partial charge in [0.1, 0.15) is 0 Å². The predicted molar refractivity (Wildman–Crippen MR) is 96.2 cm³/mol. The molecule has 1 heterocycles. The summed E-state index contributed by atoms with van der Waals surface area (Å²) in [5.41, 5.74) is 0. The Labute approximate surface area is 154 Å². The van der Waals surface area contributed by atoms with E-state index in [9.17, 15) is 13.2 Å². The van der Waals surface area contributed by atoms with E-state index in [1.165, 1.54) is 16.4 Å². The van der Waals surface area contributed by atoms with Crippen molar-refractivity contribution in [2.24, 2.45) is 0 Å². The third kappa shape index (κ3) is 5.09. The van der Waals surface area contributed by atoms with Gasteiger partial charge in [-0.25, -0.2) is 8.42 Å². The van der Waals surface area contributed by atoms with Crippen LogP contribution >= 0.6 is 0 Å². The van der Waals surface area contributed by atoms with Crippen molar-refractivity contribution in [2.45, 2.75) is 25.2 Å². The van der Waals surface area contributed by atoms with Crippen molar-refractivity contribution in [3.63, 3.8) is 0 Å². The first kappa shape index (κ1) is 20.5. The smallest absolute Gasteiger partial charge is 0.304 e. The van der Waals surface area contributed by atoms with Gasteiger partial charge in [0.25, 0.3) is 0 Å². The molecule has 1 aromatic rings. The second kappa shape index (κ2) is 9.20. The Bertz CT molecular complexity index is 714. The van der Waals surface area contributed by atoms with Crippen molar-refractivity contribution in [3.05, 3.63) is 18.2 Å². The highest BCUT2D eigenvalue weighted by molar-refractivity contribution is 7.89. The Balaban J connectivity index is 2.10. The zero-order valence-electron chi connectivity index (χ0n) is 15.2. The summed E-state index contributed by atoms with van der Waals surface area (Å²) >= 11 is 0. The molecule has 146 valence electrons. The van der Waals surface area contributed by atoms with E-state index in [0.29, 0.717) is 57.4 Å². The van der Waals surface area contributed by atoms with Gasteiger partial charge in [0.05, 0.1) is 24.5 Å². The minimum Gasteiger partial charge on any atom is -0.490 e. The average Bonchev–Trinajstić information content (AvgIpc) is 2.62. The fourth-order valence-electron chi connectivity index (χ4n) is 2.79. The van der Waals surface area contributed by atoms with Crippen molar-refractivity contribution in [1.82, 2.24) is 9.21 Å². The van der Waals surface area contributed by atoms with Crippen LogP contribution in [-0.4, -0.2) is 74.6 Å². The first-order valence-corrected chi connectivity index (χ1v) is 10.2. The van der Waals surface area contributed by atoms with Gasteiger partial charge >= 0.3 is 5.97 Å². The molecule has 0 amide bonds. The Morgan fingerprint density at radius 3 is 2.27 bits per heavy atom. The summed E-state index contributed by atoms with van der Waals surface area (Å²) < 4.78 is 38.2. The van der Waals surface area contributed by atoms with Crippen LogP contribution in [0.15, 0.2) is 23.1 Å². The van der Waals surface area contributed by atoms with Crippen LogP contribution in [0.5, 0.6) is 11.5 Å². The highest BCUT2D eigenvalue weighted by atomic mass is 32.2. The van der Waals surface area contributed by atoms with Crippen LogP contribution < -0.4 is 9.47 Å². The normalized spacial score (nSPS) is 16.4. The molecule has 2 rings (SSSR count). The first-order chi connectivity index (χ1) is 12.4. The summed E-state index contributed by atoms with van der Waals surface area (Å²) in [5, 5.41) is 8.75. The van der Waals surface area contributed by atoms with Crippen LogP contribution in [0.3, 0.4) is 0 Å². The molecule has 0 spiro atoms. The lowest BCUT2D eigenvalue weighted by molar-refractivity contribution is -0.137. The van der Waals surface area contributed by atoms with E-state index < -0.39 is 16.0 Å². The molecule has 0 saturated carbocycles. The topological polar surface area (TPSA) is 96.4 Å². The van der Waals surface area contributed by atoms with Gasteiger partial charge in [-0.15, -0.1) is 0 Å². The number of rotatable bonds is 9. The van der Waals surface area contributed by atoms with Gasteiger partial charge in [-0.2, -0.15) is 4.31 Å². The number of carboxylic acids is 1. The molecule has 26 heavy (non-hydrogen) atoms. The molecule has 8 nitrogen and oxygen atoms in total. The standard InChI is InChI=1S/C17H26N2O6S/c1-3-24-15-6-5-14(13-16(15)25-4-2)26(22,23)19-11-9-18(10-12-19)8-7-17(20)21/h5-6,13H,3-4,7-12H2,1-2H3,(H,20,21). The fraction of sp³-hybridized carbons (Fsp3) is 0.588. The van der Waals surface area contributed by atoms with Crippen molar-refractivity contribution in [3.8, 4) is 11.5 Å². The number of benzene rings is 1. The quantitative estimate of drug-likeness (QED) is 0.682. The molecular weight excluding hydrogens is 360 g/mol. The van der Waals surface area contributed by atoms with E-state index in [2.05, 4.69) is 0 Å². The van der Waals surface area contributed by atoms with Crippen molar-refractivity contribution in [2.75, 3.05) is 45.9 Å². The molecule has 0 aromatic heterocycles. The molecule has 1 aromatic carbocycles. The molecular formula is C17H26N2O6S. The van der Waals surface area contributed by atoms with Gasteiger partial charge in [-0.3, -0.25) is 4.79 Å². The number of carboxylic acid groups (broad SMARTS) is 1. The van der Waals surface area contributed by atoms with Crippen molar-refractivity contribution in [1.29, 1.82) is 0 Å². The number of carbonyl (C=O) groups is 1. The molecule has 1 fully saturated rings. The molecule has 0 radical (unpaired) electrons. The summed E-state index contributed by atoms with van der Waals surface area (Å²) in [6.07, 6.45) is 0.0589. The third-order valence-corrected chi connectivity index (χ3v) is 6.02. The van der Waals surface area contributed by atoms with Crippen LogP contribution in [0.2, 0.25) is 0 Å². The van der Waals surface area contributed by atoms with Crippen molar-refractivity contribution < 1.29 is 27.8 Å². The number of sulfonamides is 1. The Kier molecular flexibility index (Phi) is 7.24. The van der Waals surface area contributed by atoms with Crippen LogP contribution in [0.1, 0.15) is 20.3 Å². The van der Waals surface area contributed by atoms with Crippen LogP contribution in [0, 0.1) is 0 Å². The van der Waals surface area contributed by atoms with Gasteiger partial charge < -0.3 is 19.5 Å². The van der Waals surface area contributed by atoms with E-state index in [1.807, 2.05) is 18.7 Å². The Morgan fingerprint density at radius 1 is 1.08 bits per heavy atom. The number of hydrogen-bond donors (Lipinski definition) is 1. The van der Waals surface area contributed by atoms with Gasteiger partial charge in [0.15, 0.2) is 11.5 Å². The number of piperazine rings is 1. The van der Waals surface area contributed by atoms with Crippen molar-refractivity contribution >= 4 is 16.0 Å². The summed E-state index contributed by atoms with van der Waals surface area (Å²) in [4.78, 5) is 12.8. The lowest BCUT2D eigenvalue weighted by Crippen LogP contribution is -2.48. The Morgan fingerprint density at radius 2 is 1.69 bits per heavy atom. The van der Waals surface area contributed by atoms with E-state index >= 15 is 0 Å². The molecule has 0 unspecified atom stereocenters. The zero-order chi connectivity index (χ0) is 19.2. The fourth-order valence-corrected chi connectivity index (χ4v) is 4.23. The van der Waals surface area contributed by atoms with Crippen LogP contribution in [0.25, 0.3) is 0 Å². The number of aliphatic carboxylic acids is 1.